The van der Waals surface area contributed by atoms with Crippen LogP contribution >= 0.6 is 0 Å². The molecule has 0 spiro atoms. The van der Waals surface area contributed by atoms with Crippen molar-refractivity contribution in [1.82, 2.24) is 5.32 Å². The molecular formula is C16H23NO3. The Labute approximate surface area is 120 Å². The summed E-state index contributed by atoms with van der Waals surface area (Å²) in [6.07, 6.45) is 3.73. The number of methoxy groups -OCH3 is 1. The average molecular weight is 277 g/mol. The van der Waals surface area contributed by atoms with E-state index >= 15 is 0 Å². The number of aliphatic carboxylic acids is 1. The summed E-state index contributed by atoms with van der Waals surface area (Å²) in [4.78, 5) is 11.2. The number of fused-ring (bicyclic) bond motifs is 1. The molecule has 0 fully saturated rings. The van der Waals surface area contributed by atoms with Crippen LogP contribution in [0.25, 0.3) is 0 Å². The van der Waals surface area contributed by atoms with Gasteiger partial charge in [-0.1, -0.05) is 13.0 Å². The van der Waals surface area contributed by atoms with Crippen LogP contribution in [0.15, 0.2) is 18.2 Å². The second-order valence-corrected chi connectivity index (χ2v) is 5.59. The Bertz CT molecular complexity index is 487. The SMILES string of the molecule is CCCNC1(CC(=O)O)CCc2ccc(OC)cc2C1. The van der Waals surface area contributed by atoms with Gasteiger partial charge in [0.1, 0.15) is 5.75 Å². The highest BCUT2D eigenvalue weighted by Gasteiger charge is 2.36. The van der Waals surface area contributed by atoms with E-state index in [-0.39, 0.29) is 12.0 Å². The summed E-state index contributed by atoms with van der Waals surface area (Å²) in [5, 5.41) is 12.7. The smallest absolute Gasteiger partial charge is 0.305 e. The van der Waals surface area contributed by atoms with Crippen molar-refractivity contribution in [2.45, 2.75) is 44.6 Å². The molecule has 0 saturated carbocycles. The minimum Gasteiger partial charge on any atom is -0.497 e. The molecule has 2 rings (SSSR count). The molecule has 0 bridgehead atoms. The normalized spacial score (nSPS) is 21.3. The number of rotatable bonds is 6. The van der Waals surface area contributed by atoms with E-state index in [0.717, 1.165) is 38.0 Å². The zero-order valence-electron chi connectivity index (χ0n) is 12.2. The Morgan fingerprint density at radius 1 is 1.45 bits per heavy atom. The Hall–Kier alpha value is -1.55. The molecular weight excluding hydrogens is 254 g/mol. The third kappa shape index (κ3) is 3.31. The van der Waals surface area contributed by atoms with E-state index in [1.807, 2.05) is 12.1 Å². The van der Waals surface area contributed by atoms with Gasteiger partial charge in [-0.15, -0.1) is 0 Å². The fourth-order valence-electron chi connectivity index (χ4n) is 3.01. The molecule has 1 atom stereocenters. The number of benzene rings is 1. The van der Waals surface area contributed by atoms with E-state index in [9.17, 15) is 9.90 Å². The largest absolute Gasteiger partial charge is 0.497 e. The minimum atomic E-state index is -0.736. The van der Waals surface area contributed by atoms with Gasteiger partial charge in [0.2, 0.25) is 0 Å². The first-order valence-corrected chi connectivity index (χ1v) is 7.21. The van der Waals surface area contributed by atoms with Crippen LogP contribution in [0.5, 0.6) is 5.75 Å². The minimum absolute atomic E-state index is 0.170. The summed E-state index contributed by atoms with van der Waals surface area (Å²) in [7, 11) is 1.66. The molecule has 0 radical (unpaired) electrons. The van der Waals surface area contributed by atoms with Crippen LogP contribution in [0.2, 0.25) is 0 Å². The average Bonchev–Trinajstić information content (AvgIpc) is 2.43. The summed E-state index contributed by atoms with van der Waals surface area (Å²) in [5.41, 5.74) is 2.20. The lowest BCUT2D eigenvalue weighted by atomic mass is 9.76. The number of aryl methyl sites for hydroxylation is 1. The zero-order valence-corrected chi connectivity index (χ0v) is 12.2. The summed E-state index contributed by atoms with van der Waals surface area (Å²) in [6.45, 7) is 2.95. The molecule has 0 amide bonds. The third-order valence-corrected chi connectivity index (χ3v) is 4.05. The van der Waals surface area contributed by atoms with Crippen LogP contribution in [0.4, 0.5) is 0 Å². The molecule has 4 heteroatoms. The lowest BCUT2D eigenvalue weighted by Gasteiger charge is -2.38. The number of carboxylic acids is 1. The van der Waals surface area contributed by atoms with Crippen molar-refractivity contribution < 1.29 is 14.6 Å². The van der Waals surface area contributed by atoms with Gasteiger partial charge in [-0.2, -0.15) is 0 Å². The second kappa shape index (κ2) is 6.27. The maximum absolute atomic E-state index is 11.2. The molecule has 0 aliphatic heterocycles. The molecule has 1 aromatic rings. The Morgan fingerprint density at radius 2 is 2.25 bits per heavy atom. The molecule has 1 aliphatic rings. The van der Waals surface area contributed by atoms with Crippen molar-refractivity contribution in [2.75, 3.05) is 13.7 Å². The molecule has 2 N–H and O–H groups in total. The zero-order chi connectivity index (χ0) is 14.6. The van der Waals surface area contributed by atoms with Crippen LogP contribution < -0.4 is 10.1 Å². The van der Waals surface area contributed by atoms with E-state index in [1.54, 1.807) is 7.11 Å². The molecule has 20 heavy (non-hydrogen) atoms. The van der Waals surface area contributed by atoms with Crippen molar-refractivity contribution in [3.8, 4) is 5.75 Å². The summed E-state index contributed by atoms with van der Waals surface area (Å²) >= 11 is 0. The summed E-state index contributed by atoms with van der Waals surface area (Å²) in [6, 6.07) is 6.11. The van der Waals surface area contributed by atoms with Crippen molar-refractivity contribution in [3.05, 3.63) is 29.3 Å². The summed E-state index contributed by atoms with van der Waals surface area (Å²) < 4.78 is 5.27. The number of hydrogen-bond acceptors (Lipinski definition) is 3. The van der Waals surface area contributed by atoms with Gasteiger partial charge >= 0.3 is 5.97 Å². The highest BCUT2D eigenvalue weighted by molar-refractivity contribution is 5.68. The maximum Gasteiger partial charge on any atom is 0.305 e. The fourth-order valence-corrected chi connectivity index (χ4v) is 3.01. The van der Waals surface area contributed by atoms with Gasteiger partial charge in [0.25, 0.3) is 0 Å². The number of hydrogen-bond donors (Lipinski definition) is 2. The lowest BCUT2D eigenvalue weighted by molar-refractivity contribution is -0.138. The first kappa shape index (κ1) is 14.9. The first-order chi connectivity index (χ1) is 9.58. The quantitative estimate of drug-likeness (QED) is 0.838. The predicted molar refractivity (Wildman–Crippen MR) is 78.3 cm³/mol. The molecule has 0 saturated heterocycles. The topological polar surface area (TPSA) is 58.6 Å². The molecule has 1 unspecified atom stereocenters. The van der Waals surface area contributed by atoms with Crippen LogP contribution in [0, 0.1) is 0 Å². The van der Waals surface area contributed by atoms with Crippen LogP contribution in [0.1, 0.15) is 37.3 Å². The van der Waals surface area contributed by atoms with Gasteiger partial charge in [-0.3, -0.25) is 4.79 Å². The highest BCUT2D eigenvalue weighted by atomic mass is 16.5. The molecule has 0 aromatic heterocycles. The lowest BCUT2D eigenvalue weighted by Crippen LogP contribution is -2.51. The molecule has 1 aliphatic carbocycles. The van der Waals surface area contributed by atoms with Gasteiger partial charge < -0.3 is 15.2 Å². The van der Waals surface area contributed by atoms with E-state index in [4.69, 9.17) is 4.74 Å². The van der Waals surface area contributed by atoms with Gasteiger partial charge in [-0.05, 0) is 55.5 Å². The fraction of sp³-hybridized carbons (Fsp3) is 0.562. The molecule has 4 nitrogen and oxygen atoms in total. The van der Waals surface area contributed by atoms with Crippen molar-refractivity contribution >= 4 is 5.97 Å². The predicted octanol–water partition coefficient (Wildman–Crippen LogP) is 2.40. The van der Waals surface area contributed by atoms with Gasteiger partial charge in [0.15, 0.2) is 0 Å². The van der Waals surface area contributed by atoms with Gasteiger partial charge in [0.05, 0.1) is 13.5 Å². The van der Waals surface area contributed by atoms with Crippen LogP contribution in [-0.4, -0.2) is 30.3 Å². The third-order valence-electron chi connectivity index (χ3n) is 4.05. The van der Waals surface area contributed by atoms with E-state index in [2.05, 4.69) is 18.3 Å². The Kier molecular flexibility index (Phi) is 4.65. The highest BCUT2D eigenvalue weighted by Crippen LogP contribution is 2.33. The standard InChI is InChI=1S/C16H23NO3/c1-3-8-17-16(11-15(18)19)7-6-12-4-5-14(20-2)9-13(12)10-16/h4-5,9,17H,3,6-8,10-11H2,1-2H3,(H,18,19). The number of carboxylic acid groups (broad SMARTS) is 1. The molecule has 110 valence electrons. The van der Waals surface area contributed by atoms with Crippen molar-refractivity contribution in [3.63, 3.8) is 0 Å². The second-order valence-electron chi connectivity index (χ2n) is 5.59. The number of ether oxygens (including phenoxy) is 1. The Balaban J connectivity index is 2.24. The van der Waals surface area contributed by atoms with Crippen molar-refractivity contribution in [1.29, 1.82) is 0 Å². The maximum atomic E-state index is 11.2. The monoisotopic (exact) mass is 277 g/mol. The van der Waals surface area contributed by atoms with Crippen LogP contribution in [-0.2, 0) is 17.6 Å². The van der Waals surface area contributed by atoms with E-state index in [1.165, 1.54) is 11.1 Å². The van der Waals surface area contributed by atoms with E-state index in [0.29, 0.717) is 0 Å². The molecule has 1 aromatic carbocycles. The van der Waals surface area contributed by atoms with E-state index < -0.39 is 5.97 Å². The van der Waals surface area contributed by atoms with Crippen LogP contribution in [0.3, 0.4) is 0 Å². The Morgan fingerprint density at radius 3 is 2.90 bits per heavy atom. The van der Waals surface area contributed by atoms with Gasteiger partial charge in [-0.25, -0.2) is 0 Å². The van der Waals surface area contributed by atoms with Gasteiger partial charge in [0, 0.05) is 5.54 Å². The molecule has 0 heterocycles. The number of carbonyl (C=O) groups is 1. The summed E-state index contributed by atoms with van der Waals surface area (Å²) in [5.74, 6) is 0.102. The van der Waals surface area contributed by atoms with Crippen molar-refractivity contribution in [2.24, 2.45) is 0 Å². The first-order valence-electron chi connectivity index (χ1n) is 7.21. The number of nitrogens with one attached hydrogen (secondary N) is 1.